The molecule has 0 bridgehead atoms. The topological polar surface area (TPSA) is 57.7 Å². The van der Waals surface area contributed by atoms with Crippen LogP contribution in [-0.4, -0.2) is 60.5 Å². The van der Waals surface area contributed by atoms with Crippen molar-refractivity contribution in [3.8, 4) is 5.75 Å². The summed E-state index contributed by atoms with van der Waals surface area (Å²) in [6, 6.07) is 7.44. The summed E-state index contributed by atoms with van der Waals surface area (Å²) in [5.74, 6) is 0.750. The monoisotopic (exact) mass is 402 g/mol. The van der Waals surface area contributed by atoms with E-state index in [1.807, 2.05) is 24.3 Å². The molecule has 1 aliphatic rings. The van der Waals surface area contributed by atoms with Crippen LogP contribution in [-0.2, 0) is 16.8 Å². The van der Waals surface area contributed by atoms with Gasteiger partial charge < -0.3 is 10.1 Å². The van der Waals surface area contributed by atoms with Crippen molar-refractivity contribution in [1.82, 2.24) is 14.8 Å². The Morgan fingerprint density at radius 1 is 1.21 bits per heavy atom. The van der Waals surface area contributed by atoms with Gasteiger partial charge in [0.15, 0.2) is 0 Å². The fourth-order valence-corrected chi connectivity index (χ4v) is 4.19. The third kappa shape index (κ3) is 5.77. The van der Waals surface area contributed by atoms with Crippen LogP contribution in [0.25, 0.3) is 0 Å². The molecule has 1 saturated heterocycles. The van der Waals surface area contributed by atoms with Gasteiger partial charge in [-0.25, -0.2) is 4.98 Å². The molecular weight excluding hydrogens is 372 g/mol. The maximum Gasteiger partial charge on any atom is 0.238 e. The number of amides is 1. The highest BCUT2D eigenvalue weighted by Gasteiger charge is 2.22. The van der Waals surface area contributed by atoms with E-state index in [9.17, 15) is 4.79 Å². The van der Waals surface area contributed by atoms with Crippen molar-refractivity contribution in [3.63, 3.8) is 0 Å². The number of carbonyl (C=O) groups is 1. The Labute approximate surface area is 171 Å². The highest BCUT2D eigenvalue weighted by Crippen LogP contribution is 2.24. The van der Waals surface area contributed by atoms with Gasteiger partial charge in [0.2, 0.25) is 5.91 Å². The van der Waals surface area contributed by atoms with Gasteiger partial charge in [-0.3, -0.25) is 14.6 Å². The molecule has 0 aliphatic carbocycles. The fourth-order valence-electron chi connectivity index (χ4n) is 3.13. The van der Waals surface area contributed by atoms with E-state index in [-0.39, 0.29) is 11.3 Å². The van der Waals surface area contributed by atoms with Crippen LogP contribution in [0, 0.1) is 0 Å². The van der Waals surface area contributed by atoms with Crippen molar-refractivity contribution in [1.29, 1.82) is 0 Å². The van der Waals surface area contributed by atoms with Gasteiger partial charge in [-0.05, 0) is 12.1 Å². The molecule has 1 fully saturated rings. The average Bonchev–Trinajstić information content (AvgIpc) is 3.12. The number of hydrogen-bond acceptors (Lipinski definition) is 6. The lowest BCUT2D eigenvalue weighted by molar-refractivity contribution is -0.117. The first-order chi connectivity index (χ1) is 13.3. The van der Waals surface area contributed by atoms with Gasteiger partial charge in [0.1, 0.15) is 10.8 Å². The van der Waals surface area contributed by atoms with E-state index in [4.69, 9.17) is 9.72 Å². The standard InChI is InChI=1S/C21H30N4O2S/c1-21(2,3)18-15-28-20(23-18)14-25-10-8-24(9-11-25)13-19(26)22-16-6-5-7-17(12-16)27-4/h5-7,12,15H,8-11,13-14H2,1-4H3,(H,22,26). The lowest BCUT2D eigenvalue weighted by atomic mass is 9.93. The van der Waals surface area contributed by atoms with E-state index in [0.29, 0.717) is 6.54 Å². The van der Waals surface area contributed by atoms with Crippen LogP contribution >= 0.6 is 11.3 Å². The number of carbonyl (C=O) groups excluding carboxylic acids is 1. The molecule has 1 aromatic carbocycles. The Balaban J connectivity index is 1.43. The van der Waals surface area contributed by atoms with E-state index < -0.39 is 0 Å². The van der Waals surface area contributed by atoms with E-state index in [1.165, 1.54) is 10.7 Å². The summed E-state index contributed by atoms with van der Waals surface area (Å²) in [6.45, 7) is 11.6. The molecule has 0 unspecified atom stereocenters. The minimum atomic E-state index is 0.0106. The number of aromatic nitrogens is 1. The first-order valence-corrected chi connectivity index (χ1v) is 10.5. The molecular formula is C21H30N4O2S. The smallest absolute Gasteiger partial charge is 0.238 e. The lowest BCUT2D eigenvalue weighted by Gasteiger charge is -2.33. The third-order valence-corrected chi connectivity index (χ3v) is 5.70. The number of nitrogens with one attached hydrogen (secondary N) is 1. The molecule has 7 heteroatoms. The first-order valence-electron chi connectivity index (χ1n) is 9.67. The predicted octanol–water partition coefficient (Wildman–Crippen LogP) is 3.21. The Morgan fingerprint density at radius 2 is 1.93 bits per heavy atom. The quantitative estimate of drug-likeness (QED) is 0.804. The molecule has 0 spiro atoms. The maximum absolute atomic E-state index is 12.3. The number of benzene rings is 1. The second-order valence-electron chi connectivity index (χ2n) is 8.21. The second-order valence-corrected chi connectivity index (χ2v) is 9.15. The number of thiazole rings is 1. The normalized spacial score (nSPS) is 16.1. The molecule has 1 amide bonds. The largest absolute Gasteiger partial charge is 0.497 e. The highest BCUT2D eigenvalue weighted by atomic mass is 32.1. The summed E-state index contributed by atoms with van der Waals surface area (Å²) < 4.78 is 5.20. The van der Waals surface area contributed by atoms with Gasteiger partial charge in [0, 0.05) is 48.7 Å². The third-order valence-electron chi connectivity index (χ3n) is 4.86. The van der Waals surface area contributed by atoms with Crippen molar-refractivity contribution in [3.05, 3.63) is 40.3 Å². The molecule has 1 N–H and O–H groups in total. The van der Waals surface area contributed by atoms with Gasteiger partial charge in [0.05, 0.1) is 25.9 Å². The van der Waals surface area contributed by atoms with E-state index in [1.54, 1.807) is 18.4 Å². The summed E-state index contributed by atoms with van der Waals surface area (Å²) in [5, 5.41) is 6.30. The van der Waals surface area contributed by atoms with Crippen molar-refractivity contribution in [2.45, 2.75) is 32.7 Å². The zero-order valence-electron chi connectivity index (χ0n) is 17.2. The van der Waals surface area contributed by atoms with Crippen LogP contribution < -0.4 is 10.1 Å². The molecule has 0 atom stereocenters. The van der Waals surface area contributed by atoms with Crippen molar-refractivity contribution >= 4 is 22.9 Å². The van der Waals surface area contributed by atoms with Gasteiger partial charge >= 0.3 is 0 Å². The van der Waals surface area contributed by atoms with Crippen LogP contribution in [0.2, 0.25) is 0 Å². The SMILES string of the molecule is COc1cccc(NC(=O)CN2CCN(Cc3nc(C(C)(C)C)cs3)CC2)c1. The number of hydrogen-bond donors (Lipinski definition) is 1. The summed E-state index contributed by atoms with van der Waals surface area (Å²) in [4.78, 5) is 21.7. The number of methoxy groups -OCH3 is 1. The molecule has 1 aliphatic heterocycles. The highest BCUT2D eigenvalue weighted by molar-refractivity contribution is 7.09. The number of piperazine rings is 1. The molecule has 0 radical (unpaired) electrons. The Kier molecular flexibility index (Phi) is 6.69. The second kappa shape index (κ2) is 9.03. The maximum atomic E-state index is 12.3. The Bertz CT molecular complexity index is 792. The predicted molar refractivity (Wildman–Crippen MR) is 114 cm³/mol. The fraction of sp³-hybridized carbons (Fsp3) is 0.524. The van der Waals surface area contributed by atoms with E-state index in [0.717, 1.165) is 44.2 Å². The van der Waals surface area contributed by atoms with Crippen LogP contribution in [0.15, 0.2) is 29.6 Å². The molecule has 6 nitrogen and oxygen atoms in total. The van der Waals surface area contributed by atoms with Gasteiger partial charge in [0.25, 0.3) is 0 Å². The Hall–Kier alpha value is -1.96. The summed E-state index contributed by atoms with van der Waals surface area (Å²) in [6.07, 6.45) is 0. The Morgan fingerprint density at radius 3 is 2.57 bits per heavy atom. The zero-order chi connectivity index (χ0) is 20.1. The van der Waals surface area contributed by atoms with Crippen molar-refractivity contribution in [2.24, 2.45) is 0 Å². The number of nitrogens with zero attached hydrogens (tertiary/aromatic N) is 3. The molecule has 1 aromatic heterocycles. The van der Waals surface area contributed by atoms with E-state index in [2.05, 4.69) is 41.3 Å². The van der Waals surface area contributed by atoms with Gasteiger partial charge in [-0.15, -0.1) is 11.3 Å². The number of ether oxygens (including phenoxy) is 1. The minimum absolute atomic E-state index is 0.0106. The van der Waals surface area contributed by atoms with E-state index >= 15 is 0 Å². The van der Waals surface area contributed by atoms with Crippen LogP contribution in [0.5, 0.6) is 5.75 Å². The van der Waals surface area contributed by atoms with Crippen LogP contribution in [0.4, 0.5) is 5.69 Å². The summed E-state index contributed by atoms with van der Waals surface area (Å²) >= 11 is 1.74. The minimum Gasteiger partial charge on any atom is -0.497 e. The van der Waals surface area contributed by atoms with Crippen LogP contribution in [0.1, 0.15) is 31.5 Å². The summed E-state index contributed by atoms with van der Waals surface area (Å²) in [7, 11) is 1.62. The molecule has 2 aromatic rings. The first kappa shape index (κ1) is 20.8. The molecule has 0 saturated carbocycles. The average molecular weight is 403 g/mol. The van der Waals surface area contributed by atoms with Crippen molar-refractivity contribution in [2.75, 3.05) is 45.2 Å². The van der Waals surface area contributed by atoms with Gasteiger partial charge in [-0.2, -0.15) is 0 Å². The number of rotatable bonds is 6. The number of anilines is 1. The molecule has 28 heavy (non-hydrogen) atoms. The van der Waals surface area contributed by atoms with Crippen LogP contribution in [0.3, 0.4) is 0 Å². The molecule has 2 heterocycles. The van der Waals surface area contributed by atoms with Gasteiger partial charge in [-0.1, -0.05) is 26.8 Å². The van der Waals surface area contributed by atoms with Crippen molar-refractivity contribution < 1.29 is 9.53 Å². The molecule has 3 rings (SSSR count). The zero-order valence-corrected chi connectivity index (χ0v) is 18.0. The lowest BCUT2D eigenvalue weighted by Crippen LogP contribution is -2.48. The summed E-state index contributed by atoms with van der Waals surface area (Å²) in [5.41, 5.74) is 2.03. The molecule has 152 valence electrons.